The van der Waals surface area contributed by atoms with Gasteiger partial charge in [-0.25, -0.2) is 4.57 Å². The van der Waals surface area contributed by atoms with E-state index in [-0.39, 0.29) is 0 Å². The standard InChI is InChI=1S/C19H41N.H3O4P/c1-5-7-9-10-11-12-13-14-16-18-19(20(3)4)17-15-8-6-2;1-5(2,3)4/h19H,5-18H2,1-4H3;(H3,1,2,3,4). The molecule has 0 fully saturated rings. The lowest BCUT2D eigenvalue weighted by molar-refractivity contribution is 0.252. The number of hydrogen-bond acceptors (Lipinski definition) is 2. The zero-order valence-corrected chi connectivity index (χ0v) is 18.0. The van der Waals surface area contributed by atoms with Crippen molar-refractivity contribution in [2.75, 3.05) is 14.1 Å². The summed E-state index contributed by atoms with van der Waals surface area (Å²) in [5.41, 5.74) is 0. The van der Waals surface area contributed by atoms with Gasteiger partial charge in [-0.05, 0) is 26.9 Å². The number of unbranched alkanes of at least 4 members (excludes halogenated alkanes) is 10. The van der Waals surface area contributed by atoms with Gasteiger partial charge >= 0.3 is 7.82 Å². The van der Waals surface area contributed by atoms with Gasteiger partial charge in [0, 0.05) is 6.04 Å². The fraction of sp³-hybridized carbons (Fsp3) is 1.00. The van der Waals surface area contributed by atoms with Crippen molar-refractivity contribution in [1.29, 1.82) is 0 Å². The number of hydrogen-bond donors (Lipinski definition) is 3. The van der Waals surface area contributed by atoms with Gasteiger partial charge in [0.15, 0.2) is 0 Å². The summed E-state index contributed by atoms with van der Waals surface area (Å²) in [6.45, 7) is 4.59. The summed E-state index contributed by atoms with van der Waals surface area (Å²) in [6.07, 6.45) is 20.0. The van der Waals surface area contributed by atoms with Gasteiger partial charge in [0.1, 0.15) is 0 Å². The van der Waals surface area contributed by atoms with Crippen LogP contribution in [0.2, 0.25) is 0 Å². The lowest BCUT2D eigenvalue weighted by atomic mass is 10.00. The molecule has 0 spiro atoms. The Morgan fingerprint density at radius 2 is 0.960 bits per heavy atom. The van der Waals surface area contributed by atoms with Gasteiger partial charge in [-0.15, -0.1) is 0 Å². The normalized spacial score (nSPS) is 12.8. The molecule has 0 rings (SSSR count). The van der Waals surface area contributed by atoms with Gasteiger partial charge in [-0.1, -0.05) is 90.9 Å². The van der Waals surface area contributed by atoms with Gasteiger partial charge < -0.3 is 19.6 Å². The Bertz CT molecular complexity index is 300. The minimum Gasteiger partial charge on any atom is -0.306 e. The highest BCUT2D eigenvalue weighted by molar-refractivity contribution is 7.45. The minimum atomic E-state index is -4.64. The lowest BCUT2D eigenvalue weighted by Gasteiger charge is -2.24. The number of nitrogens with zero attached hydrogens (tertiary/aromatic N) is 1. The first-order valence-electron chi connectivity index (χ1n) is 10.2. The first-order chi connectivity index (χ1) is 11.7. The summed E-state index contributed by atoms with van der Waals surface area (Å²) < 4.78 is 8.88. The van der Waals surface area contributed by atoms with Crippen molar-refractivity contribution in [3.8, 4) is 0 Å². The van der Waals surface area contributed by atoms with Crippen molar-refractivity contribution in [2.45, 2.75) is 110 Å². The molecular weight excluding hydrogens is 337 g/mol. The predicted octanol–water partition coefficient (Wildman–Crippen LogP) is 5.49. The molecule has 0 saturated heterocycles. The summed E-state index contributed by atoms with van der Waals surface area (Å²) >= 11 is 0. The Kier molecular flexibility index (Phi) is 20.6. The molecule has 3 N–H and O–H groups in total. The Morgan fingerprint density at radius 1 is 0.680 bits per heavy atom. The van der Waals surface area contributed by atoms with E-state index in [2.05, 4.69) is 32.8 Å². The Labute approximate surface area is 156 Å². The molecule has 0 heterocycles. The van der Waals surface area contributed by atoms with Crippen LogP contribution >= 0.6 is 7.82 Å². The molecule has 0 amide bonds. The van der Waals surface area contributed by atoms with Crippen molar-refractivity contribution < 1.29 is 19.2 Å². The minimum absolute atomic E-state index is 0.825. The maximum Gasteiger partial charge on any atom is 0.466 e. The number of rotatable bonds is 15. The average molecular weight is 382 g/mol. The molecular formula is C19H44NO4P. The molecule has 0 aromatic carbocycles. The second kappa shape index (κ2) is 18.8. The van der Waals surface area contributed by atoms with E-state index in [4.69, 9.17) is 19.2 Å². The van der Waals surface area contributed by atoms with Crippen molar-refractivity contribution >= 4 is 7.82 Å². The van der Waals surface area contributed by atoms with Crippen LogP contribution in [-0.2, 0) is 4.57 Å². The van der Waals surface area contributed by atoms with Gasteiger partial charge in [0.25, 0.3) is 0 Å². The molecule has 1 unspecified atom stereocenters. The second-order valence-corrected chi connectivity index (χ2v) is 8.27. The van der Waals surface area contributed by atoms with Crippen molar-refractivity contribution in [3.05, 3.63) is 0 Å². The van der Waals surface area contributed by atoms with Crippen LogP contribution in [0.3, 0.4) is 0 Å². The molecule has 154 valence electrons. The second-order valence-electron chi connectivity index (χ2n) is 7.24. The van der Waals surface area contributed by atoms with Crippen LogP contribution in [0, 0.1) is 0 Å². The van der Waals surface area contributed by atoms with Crippen LogP contribution in [-0.4, -0.2) is 39.7 Å². The topological polar surface area (TPSA) is 81.0 Å². The van der Waals surface area contributed by atoms with E-state index >= 15 is 0 Å². The first kappa shape index (κ1) is 27.3. The zero-order chi connectivity index (χ0) is 19.6. The predicted molar refractivity (Wildman–Crippen MR) is 108 cm³/mol. The Hall–Kier alpha value is 0.0700. The molecule has 0 aromatic rings. The first-order valence-corrected chi connectivity index (χ1v) is 11.7. The monoisotopic (exact) mass is 381 g/mol. The molecule has 0 radical (unpaired) electrons. The SMILES string of the molecule is CCCCCCCCCCCC(CCCCC)N(C)C.O=P(O)(O)O. The van der Waals surface area contributed by atoms with E-state index in [9.17, 15) is 0 Å². The molecule has 0 aliphatic rings. The Balaban J connectivity index is 0. The largest absolute Gasteiger partial charge is 0.466 e. The van der Waals surface area contributed by atoms with Gasteiger partial charge in [0.05, 0.1) is 0 Å². The fourth-order valence-corrected chi connectivity index (χ4v) is 2.98. The van der Waals surface area contributed by atoms with Crippen LogP contribution in [0.15, 0.2) is 0 Å². The third kappa shape index (κ3) is 29.1. The van der Waals surface area contributed by atoms with E-state index in [1.54, 1.807) is 0 Å². The highest BCUT2D eigenvalue weighted by Crippen LogP contribution is 2.25. The molecule has 25 heavy (non-hydrogen) atoms. The summed E-state index contributed by atoms with van der Waals surface area (Å²) in [6, 6.07) is 0.825. The quantitative estimate of drug-likeness (QED) is 0.258. The maximum absolute atomic E-state index is 8.88. The highest BCUT2D eigenvalue weighted by atomic mass is 31.2. The van der Waals surface area contributed by atoms with Gasteiger partial charge in [-0.2, -0.15) is 0 Å². The summed E-state index contributed by atoms with van der Waals surface area (Å²) in [5.74, 6) is 0. The molecule has 5 nitrogen and oxygen atoms in total. The van der Waals surface area contributed by atoms with Crippen LogP contribution in [0.25, 0.3) is 0 Å². The van der Waals surface area contributed by atoms with Crippen LogP contribution < -0.4 is 0 Å². The fourth-order valence-electron chi connectivity index (χ4n) is 2.98. The van der Waals surface area contributed by atoms with Crippen LogP contribution in [0.1, 0.15) is 104 Å². The average Bonchev–Trinajstić information content (AvgIpc) is 2.49. The highest BCUT2D eigenvalue weighted by Gasteiger charge is 2.10. The summed E-state index contributed by atoms with van der Waals surface area (Å²) in [7, 11) is -0.130. The van der Waals surface area contributed by atoms with E-state index < -0.39 is 7.82 Å². The van der Waals surface area contributed by atoms with Crippen molar-refractivity contribution in [2.24, 2.45) is 0 Å². The summed E-state index contributed by atoms with van der Waals surface area (Å²) in [4.78, 5) is 24.0. The zero-order valence-electron chi connectivity index (χ0n) is 17.1. The van der Waals surface area contributed by atoms with Crippen LogP contribution in [0.5, 0.6) is 0 Å². The van der Waals surface area contributed by atoms with Gasteiger partial charge in [-0.3, -0.25) is 0 Å². The molecule has 0 bridgehead atoms. The Morgan fingerprint density at radius 3 is 1.32 bits per heavy atom. The van der Waals surface area contributed by atoms with E-state index in [0.717, 1.165) is 6.04 Å². The smallest absolute Gasteiger partial charge is 0.306 e. The van der Waals surface area contributed by atoms with E-state index in [0.29, 0.717) is 0 Å². The summed E-state index contributed by atoms with van der Waals surface area (Å²) in [5, 5.41) is 0. The lowest BCUT2D eigenvalue weighted by Crippen LogP contribution is -2.27. The third-order valence-electron chi connectivity index (χ3n) is 4.51. The molecule has 0 aliphatic carbocycles. The number of phosphoric acid groups is 1. The van der Waals surface area contributed by atoms with Crippen molar-refractivity contribution in [3.63, 3.8) is 0 Å². The van der Waals surface area contributed by atoms with Crippen molar-refractivity contribution in [1.82, 2.24) is 4.90 Å². The van der Waals surface area contributed by atoms with Gasteiger partial charge in [0.2, 0.25) is 0 Å². The van der Waals surface area contributed by atoms with Crippen LogP contribution in [0.4, 0.5) is 0 Å². The maximum atomic E-state index is 8.88. The van der Waals surface area contributed by atoms with E-state index in [1.165, 1.54) is 89.9 Å². The van der Waals surface area contributed by atoms with E-state index in [1.807, 2.05) is 0 Å². The molecule has 0 saturated carbocycles. The molecule has 6 heteroatoms. The molecule has 1 atom stereocenters. The third-order valence-corrected chi connectivity index (χ3v) is 4.51. The molecule has 0 aliphatic heterocycles. The molecule has 0 aromatic heterocycles.